The Kier molecular flexibility index (Phi) is 5.49. The van der Waals surface area contributed by atoms with Gasteiger partial charge in [-0.05, 0) is 31.9 Å². The average molecular weight is 353 g/mol. The smallest absolute Gasteiger partial charge is 0.225 e. The highest BCUT2D eigenvalue weighted by Gasteiger charge is 2.27. The summed E-state index contributed by atoms with van der Waals surface area (Å²) in [4.78, 5) is 29.6. The first kappa shape index (κ1) is 18.3. The van der Waals surface area contributed by atoms with Gasteiger partial charge in [0.2, 0.25) is 5.91 Å². The van der Waals surface area contributed by atoms with Crippen molar-refractivity contribution >= 4 is 11.7 Å². The summed E-state index contributed by atoms with van der Waals surface area (Å²) in [6, 6.07) is 6.31. The molecule has 0 N–H and O–H groups in total. The maximum absolute atomic E-state index is 12.2. The third kappa shape index (κ3) is 3.84. The molecule has 0 aliphatic carbocycles. The van der Waals surface area contributed by atoms with Crippen LogP contribution in [-0.4, -0.2) is 51.9 Å². The molecule has 1 fully saturated rings. The lowest BCUT2D eigenvalue weighted by molar-refractivity contribution is -0.135. The molecule has 1 saturated heterocycles. The van der Waals surface area contributed by atoms with Gasteiger partial charge in [-0.1, -0.05) is 13.8 Å². The van der Waals surface area contributed by atoms with Gasteiger partial charge in [-0.3, -0.25) is 9.78 Å². The van der Waals surface area contributed by atoms with E-state index in [9.17, 15) is 4.79 Å². The highest BCUT2D eigenvalue weighted by Crippen LogP contribution is 2.25. The van der Waals surface area contributed by atoms with Crippen molar-refractivity contribution in [3.8, 4) is 11.3 Å². The Bertz CT molecular complexity index is 768. The summed E-state index contributed by atoms with van der Waals surface area (Å²) in [5, 5.41) is 0. The fraction of sp³-hybridized carbons (Fsp3) is 0.500. The van der Waals surface area contributed by atoms with Crippen LogP contribution in [0.1, 0.15) is 32.4 Å². The maximum Gasteiger partial charge on any atom is 0.225 e. The number of rotatable bonds is 4. The van der Waals surface area contributed by atoms with E-state index in [1.165, 1.54) is 0 Å². The minimum absolute atomic E-state index is 0.0465. The molecule has 0 spiro atoms. The Hall–Kier alpha value is -2.50. The van der Waals surface area contributed by atoms with Crippen molar-refractivity contribution in [3.63, 3.8) is 0 Å². The summed E-state index contributed by atoms with van der Waals surface area (Å²) in [7, 11) is 1.93. The van der Waals surface area contributed by atoms with E-state index in [-0.39, 0.29) is 11.8 Å². The van der Waals surface area contributed by atoms with Crippen LogP contribution in [0, 0.1) is 12.8 Å². The van der Waals surface area contributed by atoms with Gasteiger partial charge in [-0.2, -0.15) is 0 Å². The normalized spacial score (nSPS) is 15.3. The number of aromatic nitrogens is 3. The summed E-state index contributed by atoms with van der Waals surface area (Å²) in [5.74, 6) is 1.21. The van der Waals surface area contributed by atoms with Crippen molar-refractivity contribution in [2.24, 2.45) is 5.92 Å². The third-order valence-corrected chi connectivity index (χ3v) is 5.11. The second-order valence-corrected chi connectivity index (χ2v) is 7.22. The Morgan fingerprint density at radius 3 is 2.62 bits per heavy atom. The lowest BCUT2D eigenvalue weighted by Crippen LogP contribution is -2.47. The summed E-state index contributed by atoms with van der Waals surface area (Å²) in [5.41, 5.74) is 2.90. The zero-order valence-corrected chi connectivity index (χ0v) is 16.0. The number of hydrogen-bond donors (Lipinski definition) is 0. The van der Waals surface area contributed by atoms with E-state index in [1.54, 1.807) is 12.5 Å². The summed E-state index contributed by atoms with van der Waals surface area (Å²) in [6.07, 6.45) is 5.33. The summed E-state index contributed by atoms with van der Waals surface area (Å²) >= 11 is 0. The number of amides is 1. The van der Waals surface area contributed by atoms with Crippen LogP contribution in [-0.2, 0) is 4.79 Å². The second-order valence-electron chi connectivity index (χ2n) is 7.22. The molecule has 6 heteroatoms. The van der Waals surface area contributed by atoms with Gasteiger partial charge in [0.1, 0.15) is 12.1 Å². The van der Waals surface area contributed by atoms with Crippen LogP contribution in [0.4, 0.5) is 5.82 Å². The first-order valence-corrected chi connectivity index (χ1v) is 9.23. The molecule has 2 aromatic rings. The van der Waals surface area contributed by atoms with Gasteiger partial charge in [-0.25, -0.2) is 9.97 Å². The lowest BCUT2D eigenvalue weighted by Gasteiger charge is -2.38. The van der Waals surface area contributed by atoms with E-state index in [0.717, 1.165) is 48.7 Å². The Labute approximate surface area is 155 Å². The van der Waals surface area contributed by atoms with Crippen molar-refractivity contribution in [1.29, 1.82) is 0 Å². The fourth-order valence-electron chi connectivity index (χ4n) is 3.49. The van der Waals surface area contributed by atoms with Gasteiger partial charge in [-0.15, -0.1) is 0 Å². The summed E-state index contributed by atoms with van der Waals surface area (Å²) < 4.78 is 0. The molecule has 1 amide bonds. The molecule has 6 nitrogen and oxygen atoms in total. The number of aryl methyl sites for hydroxylation is 1. The Morgan fingerprint density at radius 1 is 1.23 bits per heavy atom. The number of nitrogens with zero attached hydrogens (tertiary/aromatic N) is 5. The molecule has 0 radical (unpaired) electrons. The minimum Gasteiger partial charge on any atom is -0.356 e. The number of carbonyl (C=O) groups excluding carboxylic acids is 1. The number of piperidine rings is 1. The number of carbonyl (C=O) groups is 1. The van der Waals surface area contributed by atoms with Crippen LogP contribution in [0.15, 0.2) is 30.7 Å². The number of hydrogen-bond acceptors (Lipinski definition) is 5. The van der Waals surface area contributed by atoms with E-state index in [2.05, 4.69) is 19.9 Å². The van der Waals surface area contributed by atoms with Gasteiger partial charge >= 0.3 is 0 Å². The van der Waals surface area contributed by atoms with E-state index in [0.29, 0.717) is 6.04 Å². The Morgan fingerprint density at radius 2 is 1.96 bits per heavy atom. The number of pyridine rings is 1. The van der Waals surface area contributed by atoms with Gasteiger partial charge in [0.05, 0.1) is 5.69 Å². The van der Waals surface area contributed by atoms with E-state index in [4.69, 9.17) is 0 Å². The SMILES string of the molecule is Cc1ncccc1-c1cc(N2CCC(N(C)C(=O)C(C)C)CC2)ncn1. The standard InChI is InChI=1S/C20H27N5O/c1-14(2)20(26)24(4)16-7-10-25(11-8-16)19-12-18(22-13-23-19)17-6-5-9-21-15(17)3/h5-6,9,12-14,16H,7-8,10-11H2,1-4H3. The second kappa shape index (κ2) is 7.81. The molecular formula is C20H27N5O. The molecule has 0 bridgehead atoms. The molecule has 1 aliphatic rings. The van der Waals surface area contributed by atoms with Crippen LogP contribution in [0.5, 0.6) is 0 Å². The molecular weight excluding hydrogens is 326 g/mol. The quantitative estimate of drug-likeness (QED) is 0.846. The zero-order valence-electron chi connectivity index (χ0n) is 16.0. The molecule has 0 atom stereocenters. The highest BCUT2D eigenvalue weighted by molar-refractivity contribution is 5.78. The topological polar surface area (TPSA) is 62.2 Å². The molecule has 0 saturated carbocycles. The van der Waals surface area contributed by atoms with Crippen LogP contribution in [0.25, 0.3) is 11.3 Å². The monoisotopic (exact) mass is 353 g/mol. The van der Waals surface area contributed by atoms with Crippen molar-refractivity contribution in [3.05, 3.63) is 36.4 Å². The molecule has 2 aromatic heterocycles. The average Bonchev–Trinajstić information content (AvgIpc) is 2.67. The van der Waals surface area contributed by atoms with Crippen molar-refractivity contribution in [1.82, 2.24) is 19.9 Å². The zero-order chi connectivity index (χ0) is 18.7. The molecule has 0 aromatic carbocycles. The van der Waals surface area contributed by atoms with E-state index < -0.39 is 0 Å². The fourth-order valence-corrected chi connectivity index (χ4v) is 3.49. The third-order valence-electron chi connectivity index (χ3n) is 5.11. The van der Waals surface area contributed by atoms with Crippen LogP contribution < -0.4 is 4.90 Å². The summed E-state index contributed by atoms with van der Waals surface area (Å²) in [6.45, 7) is 7.68. The van der Waals surface area contributed by atoms with E-state index >= 15 is 0 Å². The van der Waals surface area contributed by atoms with Crippen molar-refractivity contribution in [2.45, 2.75) is 39.7 Å². The van der Waals surface area contributed by atoms with Crippen LogP contribution in [0.2, 0.25) is 0 Å². The largest absolute Gasteiger partial charge is 0.356 e. The predicted octanol–water partition coefficient (Wildman–Crippen LogP) is 2.93. The van der Waals surface area contributed by atoms with E-state index in [1.807, 2.05) is 50.9 Å². The number of anilines is 1. The maximum atomic E-state index is 12.2. The van der Waals surface area contributed by atoms with Gasteiger partial charge in [0.25, 0.3) is 0 Å². The molecule has 1 aliphatic heterocycles. The van der Waals surface area contributed by atoms with Gasteiger partial charge in [0.15, 0.2) is 0 Å². The predicted molar refractivity (Wildman–Crippen MR) is 103 cm³/mol. The van der Waals surface area contributed by atoms with Crippen LogP contribution >= 0.6 is 0 Å². The first-order valence-electron chi connectivity index (χ1n) is 9.23. The Balaban J connectivity index is 1.70. The molecule has 138 valence electrons. The molecule has 3 rings (SSSR count). The minimum atomic E-state index is 0.0465. The first-order chi connectivity index (χ1) is 12.5. The van der Waals surface area contributed by atoms with Crippen molar-refractivity contribution < 1.29 is 4.79 Å². The molecule has 3 heterocycles. The van der Waals surface area contributed by atoms with Gasteiger partial charge in [0, 0.05) is 55.6 Å². The van der Waals surface area contributed by atoms with Crippen molar-refractivity contribution in [2.75, 3.05) is 25.0 Å². The highest BCUT2D eigenvalue weighted by atomic mass is 16.2. The molecule has 26 heavy (non-hydrogen) atoms. The lowest BCUT2D eigenvalue weighted by atomic mass is 10.0. The van der Waals surface area contributed by atoms with Crippen LogP contribution in [0.3, 0.4) is 0 Å². The molecule has 0 unspecified atom stereocenters. The van der Waals surface area contributed by atoms with Gasteiger partial charge < -0.3 is 9.80 Å².